The SMILES string of the molecule is COc1cc2sc(C(C)=O)cc2s1. The van der Waals surface area contributed by atoms with Crippen LogP contribution in [0.4, 0.5) is 0 Å². The molecule has 0 aliphatic rings. The maximum absolute atomic E-state index is 11.1. The zero-order valence-electron chi connectivity index (χ0n) is 7.29. The third-order valence-corrected chi connectivity index (χ3v) is 4.09. The average molecular weight is 212 g/mol. The molecule has 68 valence electrons. The lowest BCUT2D eigenvalue weighted by molar-refractivity contribution is 0.102. The normalized spacial score (nSPS) is 10.6. The van der Waals surface area contributed by atoms with Crippen molar-refractivity contribution >= 4 is 37.9 Å². The Bertz CT molecular complexity index is 422. The van der Waals surface area contributed by atoms with Crippen LogP contribution in [0.3, 0.4) is 0 Å². The van der Waals surface area contributed by atoms with Gasteiger partial charge in [-0.3, -0.25) is 4.79 Å². The molecule has 0 saturated heterocycles. The highest BCUT2D eigenvalue weighted by Gasteiger charge is 2.09. The number of methoxy groups -OCH3 is 1. The summed E-state index contributed by atoms with van der Waals surface area (Å²) in [4.78, 5) is 11.9. The number of hydrogen-bond acceptors (Lipinski definition) is 4. The Morgan fingerprint density at radius 1 is 1.31 bits per heavy atom. The number of hydrogen-bond donors (Lipinski definition) is 0. The Balaban J connectivity index is 2.54. The quantitative estimate of drug-likeness (QED) is 0.715. The van der Waals surface area contributed by atoms with Gasteiger partial charge in [0.15, 0.2) is 10.8 Å². The molecule has 2 heterocycles. The van der Waals surface area contributed by atoms with E-state index < -0.39 is 0 Å². The molecule has 0 fully saturated rings. The second kappa shape index (κ2) is 3.12. The first-order chi connectivity index (χ1) is 6.20. The highest BCUT2D eigenvalue weighted by Crippen LogP contribution is 2.37. The number of fused-ring (bicyclic) bond motifs is 1. The summed E-state index contributed by atoms with van der Waals surface area (Å²) in [5.41, 5.74) is 0. The Kier molecular flexibility index (Phi) is 2.09. The van der Waals surface area contributed by atoms with E-state index in [1.165, 1.54) is 11.3 Å². The third kappa shape index (κ3) is 1.47. The van der Waals surface area contributed by atoms with Crippen molar-refractivity contribution in [3.05, 3.63) is 17.0 Å². The van der Waals surface area contributed by atoms with Gasteiger partial charge in [0.2, 0.25) is 0 Å². The summed E-state index contributed by atoms with van der Waals surface area (Å²) in [7, 11) is 1.65. The van der Waals surface area contributed by atoms with Gasteiger partial charge in [0, 0.05) is 15.5 Å². The maximum atomic E-state index is 11.1. The molecule has 0 unspecified atom stereocenters. The van der Waals surface area contributed by atoms with Crippen LogP contribution in [0.2, 0.25) is 0 Å². The molecule has 0 N–H and O–H groups in total. The monoisotopic (exact) mass is 212 g/mol. The number of Topliss-reactive ketones (excluding diaryl/α,β-unsaturated/α-hetero) is 1. The lowest BCUT2D eigenvalue weighted by atomic mass is 10.3. The van der Waals surface area contributed by atoms with Crippen molar-refractivity contribution in [2.45, 2.75) is 6.92 Å². The number of carbonyl (C=O) groups excluding carboxylic acids is 1. The lowest BCUT2D eigenvalue weighted by Gasteiger charge is -1.88. The van der Waals surface area contributed by atoms with E-state index in [4.69, 9.17) is 4.74 Å². The van der Waals surface area contributed by atoms with Crippen LogP contribution in [0, 0.1) is 0 Å². The number of thiophene rings is 2. The van der Waals surface area contributed by atoms with Gasteiger partial charge in [-0.25, -0.2) is 0 Å². The molecule has 0 aliphatic carbocycles. The molecule has 0 aromatic carbocycles. The van der Waals surface area contributed by atoms with Gasteiger partial charge in [-0.15, -0.1) is 11.3 Å². The summed E-state index contributed by atoms with van der Waals surface area (Å²) in [6, 6.07) is 3.90. The van der Waals surface area contributed by atoms with E-state index in [1.54, 1.807) is 25.4 Å². The Morgan fingerprint density at radius 3 is 2.54 bits per heavy atom. The minimum atomic E-state index is 0.132. The van der Waals surface area contributed by atoms with E-state index in [2.05, 4.69) is 0 Å². The van der Waals surface area contributed by atoms with Crippen LogP contribution in [0.5, 0.6) is 5.06 Å². The highest BCUT2D eigenvalue weighted by molar-refractivity contribution is 7.29. The second-order valence-electron chi connectivity index (χ2n) is 2.66. The van der Waals surface area contributed by atoms with Crippen LogP contribution in [0.15, 0.2) is 12.1 Å². The molecule has 0 aliphatic heterocycles. The molecule has 0 amide bonds. The molecule has 0 radical (unpaired) electrons. The highest BCUT2D eigenvalue weighted by atomic mass is 32.1. The fraction of sp³-hybridized carbons (Fsp3) is 0.222. The summed E-state index contributed by atoms with van der Waals surface area (Å²) in [6.45, 7) is 1.59. The zero-order valence-corrected chi connectivity index (χ0v) is 8.92. The van der Waals surface area contributed by atoms with Crippen LogP contribution in [0.1, 0.15) is 16.6 Å². The number of ketones is 1. The van der Waals surface area contributed by atoms with E-state index in [1.807, 2.05) is 12.1 Å². The topological polar surface area (TPSA) is 26.3 Å². The zero-order chi connectivity index (χ0) is 9.42. The first kappa shape index (κ1) is 8.72. The van der Waals surface area contributed by atoms with E-state index >= 15 is 0 Å². The molecule has 2 nitrogen and oxygen atoms in total. The van der Waals surface area contributed by atoms with E-state index in [9.17, 15) is 4.79 Å². The molecular weight excluding hydrogens is 204 g/mol. The van der Waals surface area contributed by atoms with Crippen LogP contribution in [0.25, 0.3) is 9.40 Å². The summed E-state index contributed by atoms with van der Waals surface area (Å²) in [5, 5.41) is 0.899. The van der Waals surface area contributed by atoms with Crippen LogP contribution < -0.4 is 4.74 Å². The minimum Gasteiger partial charge on any atom is -0.487 e. The second-order valence-corrected chi connectivity index (χ2v) is 4.79. The first-order valence-electron chi connectivity index (χ1n) is 3.79. The van der Waals surface area contributed by atoms with Gasteiger partial charge in [0.1, 0.15) is 0 Å². The summed E-state index contributed by atoms with van der Waals surface area (Å²) in [6.07, 6.45) is 0. The fourth-order valence-corrected chi connectivity index (χ4v) is 3.18. The molecular formula is C9H8O2S2. The standard InChI is InChI=1S/C9H8O2S2/c1-5(10)6-3-7-8(12-6)4-9(11-2)13-7/h3-4H,1-2H3. The Labute approximate surface area is 83.8 Å². The smallest absolute Gasteiger partial charge is 0.175 e. The molecule has 2 aromatic heterocycles. The van der Waals surface area contributed by atoms with Crippen molar-refractivity contribution in [3.8, 4) is 5.06 Å². The van der Waals surface area contributed by atoms with Gasteiger partial charge >= 0.3 is 0 Å². The van der Waals surface area contributed by atoms with Gasteiger partial charge < -0.3 is 4.74 Å². The first-order valence-corrected chi connectivity index (χ1v) is 5.42. The van der Waals surface area contributed by atoms with E-state index in [-0.39, 0.29) is 5.78 Å². The molecule has 0 atom stereocenters. The van der Waals surface area contributed by atoms with Crippen molar-refractivity contribution in [1.29, 1.82) is 0 Å². The largest absolute Gasteiger partial charge is 0.487 e. The van der Waals surface area contributed by atoms with Crippen molar-refractivity contribution < 1.29 is 9.53 Å². The van der Waals surface area contributed by atoms with Gasteiger partial charge in [-0.05, 0) is 13.0 Å². The molecule has 0 spiro atoms. The van der Waals surface area contributed by atoms with Gasteiger partial charge in [0.25, 0.3) is 0 Å². The van der Waals surface area contributed by atoms with Crippen molar-refractivity contribution in [1.82, 2.24) is 0 Å². The lowest BCUT2D eigenvalue weighted by Crippen LogP contribution is -1.83. The van der Waals surface area contributed by atoms with Crippen LogP contribution in [-0.4, -0.2) is 12.9 Å². The molecule has 2 aromatic rings. The summed E-state index contributed by atoms with van der Waals surface area (Å²) in [5.74, 6) is 0.132. The number of rotatable bonds is 2. The Hall–Kier alpha value is -0.870. The fourth-order valence-electron chi connectivity index (χ4n) is 1.09. The third-order valence-electron chi connectivity index (χ3n) is 1.73. The van der Waals surface area contributed by atoms with Gasteiger partial charge in [-0.1, -0.05) is 11.3 Å². The molecule has 0 saturated carbocycles. The molecule has 4 heteroatoms. The molecule has 2 rings (SSSR count). The van der Waals surface area contributed by atoms with Crippen molar-refractivity contribution in [2.75, 3.05) is 7.11 Å². The van der Waals surface area contributed by atoms with Gasteiger partial charge in [-0.2, -0.15) is 0 Å². The summed E-state index contributed by atoms with van der Waals surface area (Å²) < 4.78 is 7.36. The van der Waals surface area contributed by atoms with Crippen molar-refractivity contribution in [2.24, 2.45) is 0 Å². The van der Waals surface area contributed by atoms with E-state index in [0.29, 0.717) is 0 Å². The Morgan fingerprint density at radius 2 is 2.00 bits per heavy atom. The predicted octanol–water partition coefficient (Wildman–Crippen LogP) is 3.17. The summed E-state index contributed by atoms with van der Waals surface area (Å²) >= 11 is 3.09. The average Bonchev–Trinajstić information content (AvgIpc) is 2.58. The van der Waals surface area contributed by atoms with E-state index in [0.717, 1.165) is 19.3 Å². The van der Waals surface area contributed by atoms with Crippen LogP contribution >= 0.6 is 22.7 Å². The van der Waals surface area contributed by atoms with Crippen molar-refractivity contribution in [3.63, 3.8) is 0 Å². The van der Waals surface area contributed by atoms with Gasteiger partial charge in [0.05, 0.1) is 12.0 Å². The number of ether oxygens (including phenoxy) is 1. The number of carbonyl (C=O) groups is 1. The predicted molar refractivity (Wildman–Crippen MR) is 56.3 cm³/mol. The molecule has 13 heavy (non-hydrogen) atoms. The minimum absolute atomic E-state index is 0.132. The maximum Gasteiger partial charge on any atom is 0.175 e. The molecule has 0 bridgehead atoms. The van der Waals surface area contributed by atoms with Crippen LogP contribution in [-0.2, 0) is 0 Å².